The summed E-state index contributed by atoms with van der Waals surface area (Å²) in [6.45, 7) is 5.04. The Morgan fingerprint density at radius 3 is 2.19 bits per heavy atom. The van der Waals surface area contributed by atoms with Gasteiger partial charge in [-0.25, -0.2) is 0 Å². The van der Waals surface area contributed by atoms with Crippen LogP contribution in [0.15, 0.2) is 54.9 Å². The lowest BCUT2D eigenvalue weighted by Gasteiger charge is -2.32. The number of ether oxygens (including phenoxy) is 1. The van der Waals surface area contributed by atoms with E-state index in [0.717, 1.165) is 11.1 Å². The number of benzene rings is 1. The van der Waals surface area contributed by atoms with Gasteiger partial charge in [0.2, 0.25) is 5.91 Å². The Morgan fingerprint density at radius 2 is 1.59 bits per heavy atom. The largest absolute Gasteiger partial charge is 0.452 e. The molecule has 0 saturated carbocycles. The third-order valence-corrected chi connectivity index (χ3v) is 4.98. The summed E-state index contributed by atoms with van der Waals surface area (Å²) in [5.41, 5.74) is 1.83. The van der Waals surface area contributed by atoms with Crippen molar-refractivity contribution in [3.05, 3.63) is 66.0 Å². The lowest BCUT2D eigenvalue weighted by Crippen LogP contribution is -2.42. The molecule has 5 nitrogen and oxygen atoms in total. The second kappa shape index (κ2) is 8.80. The number of hydrogen-bond acceptors (Lipinski definition) is 4. The Labute approximate surface area is 160 Å². The quantitative estimate of drug-likeness (QED) is 0.759. The lowest BCUT2D eigenvalue weighted by atomic mass is 9.95. The van der Waals surface area contributed by atoms with Crippen LogP contribution in [0.2, 0.25) is 0 Å². The Balaban J connectivity index is 1.68. The summed E-state index contributed by atoms with van der Waals surface area (Å²) in [6.07, 6.45) is 4.26. The maximum atomic E-state index is 12.8. The molecule has 0 aliphatic carbocycles. The fourth-order valence-electron chi connectivity index (χ4n) is 3.41. The number of amides is 1. The lowest BCUT2D eigenvalue weighted by molar-refractivity contribution is -0.155. The molecule has 2 aromatic rings. The number of carbonyl (C=O) groups is 2. The molecule has 5 heteroatoms. The number of esters is 1. The molecule has 1 aromatic carbocycles. The number of aromatic nitrogens is 1. The van der Waals surface area contributed by atoms with Crippen LogP contribution >= 0.6 is 0 Å². The molecule has 1 saturated heterocycles. The number of hydrogen-bond donors (Lipinski definition) is 0. The van der Waals surface area contributed by atoms with Crippen molar-refractivity contribution >= 4 is 11.9 Å². The van der Waals surface area contributed by atoms with Gasteiger partial charge in [-0.1, -0.05) is 44.2 Å². The van der Waals surface area contributed by atoms with Gasteiger partial charge in [0.15, 0.2) is 6.10 Å². The van der Waals surface area contributed by atoms with Crippen molar-refractivity contribution in [3.8, 4) is 0 Å². The molecule has 1 amide bonds. The molecule has 1 aliphatic rings. The minimum absolute atomic E-state index is 0.0114. The van der Waals surface area contributed by atoms with E-state index in [4.69, 9.17) is 4.74 Å². The summed E-state index contributed by atoms with van der Waals surface area (Å²) in [6, 6.07) is 13.5. The molecular weight excluding hydrogens is 340 g/mol. The van der Waals surface area contributed by atoms with Gasteiger partial charge < -0.3 is 9.64 Å². The highest BCUT2D eigenvalue weighted by Gasteiger charge is 2.31. The zero-order valence-corrected chi connectivity index (χ0v) is 15.9. The number of rotatable bonds is 5. The zero-order valence-electron chi connectivity index (χ0n) is 15.9. The summed E-state index contributed by atoms with van der Waals surface area (Å²) in [7, 11) is 0. The van der Waals surface area contributed by atoms with Crippen LogP contribution in [0.1, 0.15) is 43.9 Å². The summed E-state index contributed by atoms with van der Waals surface area (Å²) < 4.78 is 5.94. The van der Waals surface area contributed by atoms with Gasteiger partial charge in [-0.2, -0.15) is 0 Å². The van der Waals surface area contributed by atoms with Gasteiger partial charge in [0, 0.05) is 37.0 Å². The van der Waals surface area contributed by atoms with Gasteiger partial charge in [-0.3, -0.25) is 14.6 Å². The molecule has 0 bridgehead atoms. The predicted octanol–water partition coefficient (Wildman–Crippen LogP) is 3.61. The van der Waals surface area contributed by atoms with Gasteiger partial charge >= 0.3 is 5.97 Å². The smallest absolute Gasteiger partial charge is 0.310 e. The Morgan fingerprint density at radius 1 is 1.00 bits per heavy atom. The van der Waals surface area contributed by atoms with E-state index in [1.165, 1.54) is 0 Å². The van der Waals surface area contributed by atoms with Crippen LogP contribution in [-0.4, -0.2) is 34.8 Å². The van der Waals surface area contributed by atoms with Gasteiger partial charge in [-0.05, 0) is 30.5 Å². The highest BCUT2D eigenvalue weighted by Crippen LogP contribution is 2.29. The van der Waals surface area contributed by atoms with E-state index in [-0.39, 0.29) is 23.7 Å². The van der Waals surface area contributed by atoms with E-state index in [0.29, 0.717) is 25.9 Å². The monoisotopic (exact) mass is 366 g/mol. The third kappa shape index (κ3) is 4.73. The molecule has 1 aliphatic heterocycles. The van der Waals surface area contributed by atoms with Crippen molar-refractivity contribution < 1.29 is 14.3 Å². The summed E-state index contributed by atoms with van der Waals surface area (Å²) in [5.74, 6) is -0.227. The molecule has 142 valence electrons. The first-order chi connectivity index (χ1) is 13.1. The van der Waals surface area contributed by atoms with Gasteiger partial charge in [0.1, 0.15) is 0 Å². The van der Waals surface area contributed by atoms with Crippen molar-refractivity contribution in [2.24, 2.45) is 11.8 Å². The molecule has 27 heavy (non-hydrogen) atoms. The average Bonchev–Trinajstić information content (AvgIpc) is 2.72. The van der Waals surface area contributed by atoms with Crippen LogP contribution in [0.5, 0.6) is 0 Å². The number of carbonyl (C=O) groups excluding carboxylic acids is 2. The fraction of sp³-hybridized carbons (Fsp3) is 0.409. The normalized spacial score (nSPS) is 16.2. The van der Waals surface area contributed by atoms with Crippen molar-refractivity contribution in [1.82, 2.24) is 9.88 Å². The Hall–Kier alpha value is -2.69. The molecule has 2 heterocycles. The van der Waals surface area contributed by atoms with Gasteiger partial charge in [0.25, 0.3) is 0 Å². The highest BCUT2D eigenvalue weighted by atomic mass is 16.5. The third-order valence-electron chi connectivity index (χ3n) is 4.98. The number of piperidine rings is 1. The summed E-state index contributed by atoms with van der Waals surface area (Å²) in [5, 5.41) is 0. The SMILES string of the molecule is CC(C)C(=O)N1CCC(C(=O)OC(c2ccccc2)c2ccncc2)CC1. The maximum absolute atomic E-state index is 12.8. The first kappa shape index (κ1) is 19.1. The predicted molar refractivity (Wildman–Crippen MR) is 103 cm³/mol. The van der Waals surface area contributed by atoms with Crippen molar-refractivity contribution in [3.63, 3.8) is 0 Å². The van der Waals surface area contributed by atoms with Crippen LogP contribution in [0, 0.1) is 11.8 Å². The van der Waals surface area contributed by atoms with E-state index in [2.05, 4.69) is 4.98 Å². The van der Waals surface area contributed by atoms with Crippen molar-refractivity contribution in [1.29, 1.82) is 0 Å². The minimum Gasteiger partial charge on any atom is -0.452 e. The van der Waals surface area contributed by atoms with Crippen LogP contribution in [0.25, 0.3) is 0 Å². The Bertz CT molecular complexity index is 714. The summed E-state index contributed by atoms with van der Waals surface area (Å²) in [4.78, 5) is 30.9. The summed E-state index contributed by atoms with van der Waals surface area (Å²) >= 11 is 0. The molecule has 1 atom stereocenters. The average molecular weight is 366 g/mol. The van der Waals surface area contributed by atoms with Crippen molar-refractivity contribution in [2.45, 2.75) is 32.8 Å². The van der Waals surface area contributed by atoms with E-state index < -0.39 is 6.10 Å². The second-order valence-electron chi connectivity index (χ2n) is 7.26. The van der Waals surface area contributed by atoms with E-state index >= 15 is 0 Å². The van der Waals surface area contributed by atoms with Gasteiger partial charge in [0.05, 0.1) is 5.92 Å². The molecule has 0 radical (unpaired) electrons. The zero-order chi connectivity index (χ0) is 19.2. The highest BCUT2D eigenvalue weighted by molar-refractivity contribution is 5.79. The molecule has 1 unspecified atom stereocenters. The van der Waals surface area contributed by atoms with E-state index in [1.807, 2.05) is 61.2 Å². The number of pyridine rings is 1. The van der Waals surface area contributed by atoms with Crippen molar-refractivity contribution in [2.75, 3.05) is 13.1 Å². The van der Waals surface area contributed by atoms with E-state index in [9.17, 15) is 9.59 Å². The molecular formula is C22H26N2O3. The molecule has 0 N–H and O–H groups in total. The number of nitrogens with zero attached hydrogens (tertiary/aromatic N) is 2. The first-order valence-electron chi connectivity index (χ1n) is 9.50. The Kier molecular flexibility index (Phi) is 6.22. The van der Waals surface area contributed by atoms with Crippen LogP contribution in [0.4, 0.5) is 0 Å². The van der Waals surface area contributed by atoms with Crippen LogP contribution in [-0.2, 0) is 14.3 Å². The molecule has 0 spiro atoms. The molecule has 1 aromatic heterocycles. The van der Waals surface area contributed by atoms with Crippen LogP contribution in [0.3, 0.4) is 0 Å². The fourth-order valence-corrected chi connectivity index (χ4v) is 3.41. The van der Waals surface area contributed by atoms with Gasteiger partial charge in [-0.15, -0.1) is 0 Å². The number of likely N-dealkylation sites (tertiary alicyclic amines) is 1. The molecule has 1 fully saturated rings. The van der Waals surface area contributed by atoms with Crippen LogP contribution < -0.4 is 0 Å². The topological polar surface area (TPSA) is 59.5 Å². The first-order valence-corrected chi connectivity index (χ1v) is 9.50. The minimum atomic E-state index is -0.447. The standard InChI is InChI=1S/C22H26N2O3/c1-16(2)21(25)24-14-10-19(11-15-24)22(26)27-20(17-6-4-3-5-7-17)18-8-12-23-13-9-18/h3-9,12-13,16,19-20H,10-11,14-15H2,1-2H3. The maximum Gasteiger partial charge on any atom is 0.310 e. The molecule has 3 rings (SSSR count). The second-order valence-corrected chi connectivity index (χ2v) is 7.26. The van der Waals surface area contributed by atoms with E-state index in [1.54, 1.807) is 12.4 Å².